The van der Waals surface area contributed by atoms with Gasteiger partial charge in [0.2, 0.25) is 0 Å². The number of aliphatic hydroxyl groups excluding tert-OH is 1. The first kappa shape index (κ1) is 16.1. The highest BCUT2D eigenvalue weighted by Gasteiger charge is 2.28. The third kappa shape index (κ3) is 3.98. The standard InChI is InChI=1S/C18H22N2O2S/c21-13-14-5-3-8-17(19-14)18(22)20-11-2-1-6-15(20)9-10-16-7-4-12-23-16/h3-5,7-8,12,15,21H,1-2,6,9-11,13H2/t15-/m1/s1. The summed E-state index contributed by atoms with van der Waals surface area (Å²) in [6, 6.07) is 9.79. The molecular weight excluding hydrogens is 308 g/mol. The Hall–Kier alpha value is -1.72. The van der Waals surface area contributed by atoms with Gasteiger partial charge in [-0.25, -0.2) is 4.98 Å². The van der Waals surface area contributed by atoms with Crippen molar-refractivity contribution in [1.29, 1.82) is 0 Å². The molecule has 4 nitrogen and oxygen atoms in total. The quantitative estimate of drug-likeness (QED) is 0.915. The van der Waals surface area contributed by atoms with Gasteiger partial charge in [0.25, 0.3) is 5.91 Å². The van der Waals surface area contributed by atoms with Crippen LogP contribution in [-0.4, -0.2) is 33.5 Å². The molecule has 1 atom stereocenters. The molecule has 0 unspecified atom stereocenters. The number of amides is 1. The van der Waals surface area contributed by atoms with Gasteiger partial charge in [0, 0.05) is 17.5 Å². The number of hydrogen-bond acceptors (Lipinski definition) is 4. The molecule has 2 aromatic rings. The zero-order chi connectivity index (χ0) is 16.1. The van der Waals surface area contributed by atoms with Gasteiger partial charge in [0.1, 0.15) is 5.69 Å². The van der Waals surface area contributed by atoms with E-state index in [1.54, 1.807) is 29.5 Å². The summed E-state index contributed by atoms with van der Waals surface area (Å²) in [5.41, 5.74) is 0.988. The van der Waals surface area contributed by atoms with Crippen LogP contribution < -0.4 is 0 Å². The first-order valence-electron chi connectivity index (χ1n) is 8.18. The topological polar surface area (TPSA) is 53.4 Å². The number of pyridine rings is 1. The zero-order valence-electron chi connectivity index (χ0n) is 13.1. The molecule has 0 saturated carbocycles. The van der Waals surface area contributed by atoms with Crippen molar-refractivity contribution in [2.24, 2.45) is 0 Å². The molecule has 0 radical (unpaired) electrons. The van der Waals surface area contributed by atoms with E-state index < -0.39 is 0 Å². The Bertz CT molecular complexity index is 642. The maximum atomic E-state index is 12.8. The lowest BCUT2D eigenvalue weighted by molar-refractivity contribution is 0.0595. The first-order valence-corrected chi connectivity index (χ1v) is 9.06. The van der Waals surface area contributed by atoms with Gasteiger partial charge in [0.05, 0.1) is 12.3 Å². The number of nitrogens with zero attached hydrogens (tertiary/aromatic N) is 2. The minimum atomic E-state index is -0.136. The van der Waals surface area contributed by atoms with E-state index in [1.165, 1.54) is 11.3 Å². The second kappa shape index (κ2) is 7.70. The van der Waals surface area contributed by atoms with Crippen LogP contribution in [0.5, 0.6) is 0 Å². The Kier molecular flexibility index (Phi) is 5.41. The molecule has 3 rings (SSSR count). The Morgan fingerprint density at radius 3 is 3.00 bits per heavy atom. The lowest BCUT2D eigenvalue weighted by Gasteiger charge is -2.35. The first-order chi connectivity index (χ1) is 11.3. The second-order valence-corrected chi connectivity index (χ2v) is 6.97. The maximum absolute atomic E-state index is 12.8. The molecule has 122 valence electrons. The van der Waals surface area contributed by atoms with Crippen LogP contribution in [0, 0.1) is 0 Å². The number of aryl methyl sites for hydroxylation is 1. The third-order valence-electron chi connectivity index (χ3n) is 4.38. The van der Waals surface area contributed by atoms with Crippen molar-refractivity contribution >= 4 is 17.2 Å². The minimum absolute atomic E-state index is 0.00354. The van der Waals surface area contributed by atoms with Gasteiger partial charge in [-0.15, -0.1) is 11.3 Å². The molecule has 0 spiro atoms. The van der Waals surface area contributed by atoms with E-state index in [4.69, 9.17) is 0 Å². The number of carbonyl (C=O) groups is 1. The van der Waals surface area contributed by atoms with Crippen LogP contribution in [-0.2, 0) is 13.0 Å². The number of rotatable bonds is 5. The van der Waals surface area contributed by atoms with Crippen molar-refractivity contribution < 1.29 is 9.90 Å². The average molecular weight is 330 g/mol. The van der Waals surface area contributed by atoms with Crippen molar-refractivity contribution in [2.45, 2.75) is 44.8 Å². The fourth-order valence-electron chi connectivity index (χ4n) is 3.17. The Labute approximate surface area is 140 Å². The van der Waals surface area contributed by atoms with E-state index in [0.717, 1.165) is 32.2 Å². The van der Waals surface area contributed by atoms with E-state index in [-0.39, 0.29) is 18.6 Å². The predicted molar refractivity (Wildman–Crippen MR) is 91.5 cm³/mol. The van der Waals surface area contributed by atoms with Crippen LogP contribution >= 0.6 is 11.3 Å². The molecule has 3 heterocycles. The van der Waals surface area contributed by atoms with Gasteiger partial charge in [0.15, 0.2) is 0 Å². The second-order valence-electron chi connectivity index (χ2n) is 5.94. The van der Waals surface area contributed by atoms with E-state index in [2.05, 4.69) is 22.5 Å². The van der Waals surface area contributed by atoms with Gasteiger partial charge in [-0.3, -0.25) is 4.79 Å². The summed E-state index contributed by atoms with van der Waals surface area (Å²) in [6.45, 7) is 0.669. The molecule has 2 aromatic heterocycles. The largest absolute Gasteiger partial charge is 0.390 e. The Morgan fingerprint density at radius 1 is 1.30 bits per heavy atom. The summed E-state index contributed by atoms with van der Waals surface area (Å²) in [4.78, 5) is 20.5. The maximum Gasteiger partial charge on any atom is 0.272 e. The highest BCUT2D eigenvalue weighted by molar-refractivity contribution is 7.09. The lowest BCUT2D eigenvalue weighted by Crippen LogP contribution is -2.44. The number of aromatic nitrogens is 1. The zero-order valence-corrected chi connectivity index (χ0v) is 14.0. The van der Waals surface area contributed by atoms with Crippen LogP contribution in [0.15, 0.2) is 35.7 Å². The van der Waals surface area contributed by atoms with Crippen LogP contribution in [0.2, 0.25) is 0 Å². The van der Waals surface area contributed by atoms with Crippen molar-refractivity contribution in [1.82, 2.24) is 9.88 Å². The number of likely N-dealkylation sites (tertiary alicyclic amines) is 1. The molecule has 23 heavy (non-hydrogen) atoms. The summed E-state index contributed by atoms with van der Waals surface area (Å²) in [7, 11) is 0. The molecule has 1 aliphatic heterocycles. The number of thiophene rings is 1. The molecule has 1 amide bonds. The fraction of sp³-hybridized carbons (Fsp3) is 0.444. The smallest absolute Gasteiger partial charge is 0.272 e. The molecule has 0 aromatic carbocycles. The van der Waals surface area contributed by atoms with E-state index in [9.17, 15) is 9.90 Å². The SMILES string of the molecule is O=C(c1cccc(CO)n1)N1CCCC[C@@H]1CCc1cccs1. The highest BCUT2D eigenvalue weighted by atomic mass is 32.1. The van der Waals surface area contributed by atoms with Gasteiger partial charge < -0.3 is 10.0 Å². The number of hydrogen-bond donors (Lipinski definition) is 1. The van der Waals surface area contributed by atoms with Crippen molar-refractivity contribution in [3.8, 4) is 0 Å². The van der Waals surface area contributed by atoms with Gasteiger partial charge >= 0.3 is 0 Å². The molecular formula is C18H22N2O2S. The average Bonchev–Trinajstić information content (AvgIpc) is 3.13. The van der Waals surface area contributed by atoms with Gasteiger partial charge in [-0.1, -0.05) is 12.1 Å². The molecule has 1 N–H and O–H groups in total. The summed E-state index contributed by atoms with van der Waals surface area (Å²) in [6.07, 6.45) is 5.34. The monoisotopic (exact) mass is 330 g/mol. The fourth-order valence-corrected chi connectivity index (χ4v) is 3.89. The molecule has 1 fully saturated rings. The summed E-state index contributed by atoms with van der Waals surface area (Å²) >= 11 is 1.78. The van der Waals surface area contributed by atoms with E-state index in [1.807, 2.05) is 4.90 Å². The summed E-state index contributed by atoms with van der Waals surface area (Å²) < 4.78 is 0. The molecule has 0 aliphatic carbocycles. The van der Waals surface area contributed by atoms with E-state index >= 15 is 0 Å². The molecule has 0 bridgehead atoms. The van der Waals surface area contributed by atoms with Gasteiger partial charge in [-0.05, 0) is 55.7 Å². The Morgan fingerprint density at radius 2 is 2.22 bits per heavy atom. The minimum Gasteiger partial charge on any atom is -0.390 e. The summed E-state index contributed by atoms with van der Waals surface area (Å²) in [5.74, 6) is -0.00354. The molecule has 5 heteroatoms. The molecule has 1 aliphatic rings. The van der Waals surface area contributed by atoms with Crippen molar-refractivity contribution in [3.05, 3.63) is 52.0 Å². The number of carbonyl (C=O) groups excluding carboxylic acids is 1. The van der Waals surface area contributed by atoms with Crippen molar-refractivity contribution in [2.75, 3.05) is 6.54 Å². The van der Waals surface area contributed by atoms with E-state index in [0.29, 0.717) is 11.4 Å². The van der Waals surface area contributed by atoms with Crippen LogP contribution in [0.3, 0.4) is 0 Å². The lowest BCUT2D eigenvalue weighted by atomic mass is 9.97. The van der Waals surface area contributed by atoms with Crippen LogP contribution in [0.25, 0.3) is 0 Å². The Balaban J connectivity index is 1.70. The highest BCUT2D eigenvalue weighted by Crippen LogP contribution is 2.24. The molecule has 1 saturated heterocycles. The number of aliphatic hydroxyl groups is 1. The predicted octanol–water partition coefficient (Wildman–Crippen LogP) is 3.26. The summed E-state index contributed by atoms with van der Waals surface area (Å²) in [5, 5.41) is 11.3. The number of piperidine rings is 1. The van der Waals surface area contributed by atoms with Crippen LogP contribution in [0.4, 0.5) is 0 Å². The van der Waals surface area contributed by atoms with Gasteiger partial charge in [-0.2, -0.15) is 0 Å². The van der Waals surface area contributed by atoms with Crippen LogP contribution in [0.1, 0.15) is 46.7 Å². The third-order valence-corrected chi connectivity index (χ3v) is 5.32. The van der Waals surface area contributed by atoms with Crippen molar-refractivity contribution in [3.63, 3.8) is 0 Å². The normalized spacial score (nSPS) is 18.1.